The summed E-state index contributed by atoms with van der Waals surface area (Å²) in [4.78, 5) is 5.45. The van der Waals surface area contributed by atoms with Crippen molar-refractivity contribution in [3.05, 3.63) is 48.5 Å². The number of hydrogen-bond acceptors (Lipinski definition) is 2. The number of para-hydroxylation sites is 2. The van der Waals surface area contributed by atoms with E-state index in [9.17, 15) is 0 Å². The quantitative estimate of drug-likeness (QED) is 0.469. The SMILES string of the molecule is C[N+]12CCCC[C@@H]1[C@H](CN1c3ccccc3Sc3ccccc31)CCC2.[I-]. The number of rotatable bonds is 2. The van der Waals surface area contributed by atoms with Crippen molar-refractivity contribution in [1.29, 1.82) is 0 Å². The first-order valence-corrected chi connectivity index (χ1v) is 11.0. The first-order valence-electron chi connectivity index (χ1n) is 10.2. The van der Waals surface area contributed by atoms with Gasteiger partial charge in [0, 0.05) is 28.7 Å². The Morgan fingerprint density at radius 1 is 0.889 bits per heavy atom. The fraction of sp³-hybridized carbons (Fsp3) is 0.478. The summed E-state index contributed by atoms with van der Waals surface area (Å²) >= 11 is 1.92. The van der Waals surface area contributed by atoms with Crippen molar-refractivity contribution in [3.8, 4) is 0 Å². The second-order valence-electron chi connectivity index (χ2n) is 8.54. The molecule has 1 unspecified atom stereocenters. The fourth-order valence-corrected chi connectivity index (χ4v) is 6.75. The Balaban J connectivity index is 0.00000180. The van der Waals surface area contributed by atoms with Gasteiger partial charge in [0.05, 0.1) is 37.6 Å². The van der Waals surface area contributed by atoms with E-state index in [1.165, 1.54) is 77.4 Å². The molecule has 2 aromatic rings. The monoisotopic (exact) mass is 492 g/mol. The van der Waals surface area contributed by atoms with Crippen LogP contribution < -0.4 is 28.9 Å². The second-order valence-corrected chi connectivity index (χ2v) is 9.62. The summed E-state index contributed by atoms with van der Waals surface area (Å²) in [7, 11) is 2.53. The van der Waals surface area contributed by atoms with Crippen molar-refractivity contribution >= 4 is 23.1 Å². The molecule has 2 fully saturated rings. The standard InChI is InChI=1S/C23H29N2S.HI/c1-25-15-7-6-12-21(25)18(9-8-16-25)17-24-19-10-2-4-13-22(19)26-23-14-5-3-11-20(23)24;/h2-5,10-11,13-14,18,21H,6-9,12,15-17H2,1H3;1H/q+1;/p-1/t18-,21+,25?;/m0./s1. The number of benzene rings is 2. The van der Waals surface area contributed by atoms with Crippen LogP contribution in [0, 0.1) is 5.92 Å². The zero-order valence-corrected chi connectivity index (χ0v) is 19.1. The molecular formula is C23H29IN2S. The number of anilines is 2. The third-order valence-electron chi connectivity index (χ3n) is 6.96. The van der Waals surface area contributed by atoms with E-state index in [1.54, 1.807) is 0 Å². The Kier molecular flexibility index (Phi) is 5.77. The van der Waals surface area contributed by atoms with Crippen molar-refractivity contribution < 1.29 is 28.5 Å². The predicted molar refractivity (Wildman–Crippen MR) is 110 cm³/mol. The van der Waals surface area contributed by atoms with Crippen LogP contribution >= 0.6 is 11.8 Å². The van der Waals surface area contributed by atoms with E-state index >= 15 is 0 Å². The molecule has 2 nitrogen and oxygen atoms in total. The minimum Gasteiger partial charge on any atom is -1.00 e. The predicted octanol–water partition coefficient (Wildman–Crippen LogP) is 2.70. The minimum absolute atomic E-state index is 0. The maximum absolute atomic E-state index is 2.64. The lowest BCUT2D eigenvalue weighted by Crippen LogP contribution is -3.00. The van der Waals surface area contributed by atoms with Gasteiger partial charge in [0.1, 0.15) is 0 Å². The Bertz CT molecular complexity index is 761. The fourth-order valence-electron chi connectivity index (χ4n) is 5.66. The third-order valence-corrected chi connectivity index (χ3v) is 8.09. The van der Waals surface area contributed by atoms with E-state index in [0.717, 1.165) is 12.0 Å². The number of hydrogen-bond donors (Lipinski definition) is 0. The molecule has 0 bridgehead atoms. The van der Waals surface area contributed by atoms with Crippen LogP contribution in [0.25, 0.3) is 0 Å². The zero-order valence-electron chi connectivity index (χ0n) is 16.1. The smallest absolute Gasteiger partial charge is 0.0934 e. The highest BCUT2D eigenvalue weighted by atomic mass is 127. The third kappa shape index (κ3) is 3.53. The van der Waals surface area contributed by atoms with Gasteiger partial charge < -0.3 is 33.4 Å². The Morgan fingerprint density at radius 3 is 2.22 bits per heavy atom. The molecule has 0 amide bonds. The van der Waals surface area contributed by atoms with E-state index < -0.39 is 0 Å². The summed E-state index contributed by atoms with van der Waals surface area (Å²) < 4.78 is 1.33. The molecule has 0 spiro atoms. The normalized spacial score (nSPS) is 29.1. The molecule has 4 heteroatoms. The van der Waals surface area contributed by atoms with Crippen LogP contribution in [-0.4, -0.2) is 37.2 Å². The van der Waals surface area contributed by atoms with Gasteiger partial charge >= 0.3 is 0 Å². The van der Waals surface area contributed by atoms with Crippen molar-refractivity contribution in [3.63, 3.8) is 0 Å². The van der Waals surface area contributed by atoms with E-state index in [2.05, 4.69) is 60.5 Å². The number of nitrogens with zero attached hydrogens (tertiary/aromatic N) is 2. The molecule has 3 heterocycles. The Labute approximate surface area is 184 Å². The maximum Gasteiger partial charge on any atom is 0.0934 e. The molecule has 0 N–H and O–H groups in total. The number of fused-ring (bicyclic) bond motifs is 3. The zero-order chi connectivity index (χ0) is 17.6. The highest BCUT2D eigenvalue weighted by Gasteiger charge is 2.44. The first-order chi connectivity index (χ1) is 12.7. The van der Waals surface area contributed by atoms with Crippen LogP contribution in [-0.2, 0) is 0 Å². The van der Waals surface area contributed by atoms with Gasteiger partial charge in [0.2, 0.25) is 0 Å². The van der Waals surface area contributed by atoms with E-state index in [0.29, 0.717) is 0 Å². The molecule has 5 rings (SSSR count). The highest BCUT2D eigenvalue weighted by molar-refractivity contribution is 7.99. The van der Waals surface area contributed by atoms with Gasteiger partial charge in [-0.2, -0.15) is 0 Å². The Morgan fingerprint density at radius 2 is 1.52 bits per heavy atom. The van der Waals surface area contributed by atoms with E-state index in [-0.39, 0.29) is 24.0 Å². The summed E-state index contributed by atoms with van der Waals surface area (Å²) in [6.07, 6.45) is 7.06. The average Bonchev–Trinajstić information content (AvgIpc) is 2.67. The molecule has 2 aromatic carbocycles. The second kappa shape index (κ2) is 7.96. The van der Waals surface area contributed by atoms with Gasteiger partial charge in [-0.15, -0.1) is 0 Å². The minimum atomic E-state index is 0. The molecule has 0 aliphatic carbocycles. The summed E-state index contributed by atoms with van der Waals surface area (Å²) in [5.41, 5.74) is 2.82. The van der Waals surface area contributed by atoms with E-state index in [4.69, 9.17) is 0 Å². The van der Waals surface area contributed by atoms with Crippen molar-refractivity contribution in [2.24, 2.45) is 5.92 Å². The van der Waals surface area contributed by atoms with Crippen LogP contribution in [0.15, 0.2) is 58.3 Å². The van der Waals surface area contributed by atoms with Gasteiger partial charge in [-0.25, -0.2) is 0 Å². The number of quaternary nitrogens is 1. The molecule has 0 saturated carbocycles. The molecule has 3 atom stereocenters. The largest absolute Gasteiger partial charge is 1.00 e. The van der Waals surface area contributed by atoms with Gasteiger partial charge in [-0.1, -0.05) is 36.0 Å². The topological polar surface area (TPSA) is 3.24 Å². The number of halogens is 1. The molecule has 3 aliphatic rings. The van der Waals surface area contributed by atoms with Gasteiger partial charge in [0.25, 0.3) is 0 Å². The lowest BCUT2D eigenvalue weighted by Gasteiger charge is -2.52. The van der Waals surface area contributed by atoms with Crippen LogP contribution in [0.1, 0.15) is 32.1 Å². The lowest BCUT2D eigenvalue weighted by atomic mass is 9.81. The van der Waals surface area contributed by atoms with Gasteiger partial charge in [0.15, 0.2) is 0 Å². The average molecular weight is 492 g/mol. The van der Waals surface area contributed by atoms with Crippen LogP contribution in [0.2, 0.25) is 0 Å². The van der Waals surface area contributed by atoms with Crippen molar-refractivity contribution in [1.82, 2.24) is 0 Å². The summed E-state index contributed by atoms with van der Waals surface area (Å²) in [5.74, 6) is 0.804. The molecule has 0 radical (unpaired) electrons. The van der Waals surface area contributed by atoms with E-state index in [1.807, 2.05) is 11.8 Å². The molecule has 0 aromatic heterocycles. The summed E-state index contributed by atoms with van der Waals surface area (Å²) in [6.45, 7) is 3.96. The Hall–Kier alpha value is -0.720. The number of piperidine rings is 2. The van der Waals surface area contributed by atoms with Crippen LogP contribution in [0.5, 0.6) is 0 Å². The molecule has 3 aliphatic heterocycles. The maximum atomic E-state index is 2.64. The van der Waals surface area contributed by atoms with Crippen LogP contribution in [0.4, 0.5) is 11.4 Å². The van der Waals surface area contributed by atoms with Gasteiger partial charge in [-0.3, -0.25) is 0 Å². The lowest BCUT2D eigenvalue weighted by molar-refractivity contribution is -0.946. The molecule has 144 valence electrons. The van der Waals surface area contributed by atoms with Crippen molar-refractivity contribution in [2.45, 2.75) is 47.9 Å². The van der Waals surface area contributed by atoms with Gasteiger partial charge in [-0.05, 0) is 49.9 Å². The highest BCUT2D eigenvalue weighted by Crippen LogP contribution is 2.49. The molecular weight excluding hydrogens is 463 g/mol. The molecule has 27 heavy (non-hydrogen) atoms. The van der Waals surface area contributed by atoms with Crippen molar-refractivity contribution in [2.75, 3.05) is 31.6 Å². The first kappa shape index (κ1) is 19.6. The summed E-state index contributed by atoms with van der Waals surface area (Å²) in [5, 5.41) is 0. The van der Waals surface area contributed by atoms with Crippen LogP contribution in [0.3, 0.4) is 0 Å². The summed E-state index contributed by atoms with van der Waals surface area (Å²) in [6, 6.07) is 18.8. The molecule has 2 saturated heterocycles.